The Balaban J connectivity index is 2.57. The van der Waals surface area contributed by atoms with Crippen molar-refractivity contribution in [3.05, 3.63) is 35.9 Å². The highest BCUT2D eigenvalue weighted by atomic mass is 16.6. The lowest BCUT2D eigenvalue weighted by molar-refractivity contribution is -0.160. The van der Waals surface area contributed by atoms with Crippen molar-refractivity contribution >= 4 is 11.9 Å². The molecular weight excluding hydrogens is 280 g/mol. The number of aryl methyl sites for hydroxylation is 1. The molecule has 1 N–H and O–H groups in total. The van der Waals surface area contributed by atoms with Crippen LogP contribution in [0.15, 0.2) is 30.3 Å². The molecule has 1 aromatic carbocycles. The van der Waals surface area contributed by atoms with E-state index in [9.17, 15) is 14.7 Å². The molecule has 0 heterocycles. The quantitative estimate of drug-likeness (QED) is 0.780. The van der Waals surface area contributed by atoms with Crippen LogP contribution in [0.25, 0.3) is 0 Å². The molecule has 0 saturated carbocycles. The standard InChI is InChI=1S/C18H26O4/c1-13(17(21)22-18(2,3)4)12-15(16(19)20)11-10-14-8-6-5-7-9-14/h5-9,13,15H,10-12H2,1-4H3,(H,19,20). The number of hydrogen-bond donors (Lipinski definition) is 1. The molecule has 2 atom stereocenters. The van der Waals surface area contributed by atoms with E-state index in [-0.39, 0.29) is 5.97 Å². The first-order chi connectivity index (χ1) is 10.2. The topological polar surface area (TPSA) is 63.6 Å². The number of esters is 1. The second kappa shape index (κ2) is 7.97. The Morgan fingerprint density at radius 2 is 1.77 bits per heavy atom. The van der Waals surface area contributed by atoms with Crippen molar-refractivity contribution in [3.63, 3.8) is 0 Å². The summed E-state index contributed by atoms with van der Waals surface area (Å²) < 4.78 is 5.31. The van der Waals surface area contributed by atoms with Crippen LogP contribution in [0.5, 0.6) is 0 Å². The maximum absolute atomic E-state index is 12.0. The highest BCUT2D eigenvalue weighted by Gasteiger charge is 2.27. The zero-order valence-corrected chi connectivity index (χ0v) is 13.8. The Bertz CT molecular complexity index is 488. The Labute approximate surface area is 132 Å². The van der Waals surface area contributed by atoms with Crippen LogP contribution < -0.4 is 0 Å². The number of carbonyl (C=O) groups is 2. The van der Waals surface area contributed by atoms with E-state index in [4.69, 9.17) is 4.74 Å². The van der Waals surface area contributed by atoms with Crippen molar-refractivity contribution in [3.8, 4) is 0 Å². The smallest absolute Gasteiger partial charge is 0.309 e. The molecule has 0 aliphatic heterocycles. The van der Waals surface area contributed by atoms with Gasteiger partial charge in [-0.1, -0.05) is 37.3 Å². The van der Waals surface area contributed by atoms with Crippen LogP contribution in [0, 0.1) is 11.8 Å². The third kappa shape index (κ3) is 6.74. The van der Waals surface area contributed by atoms with Gasteiger partial charge < -0.3 is 9.84 Å². The van der Waals surface area contributed by atoms with Crippen LogP contribution >= 0.6 is 0 Å². The van der Waals surface area contributed by atoms with Crippen molar-refractivity contribution < 1.29 is 19.4 Å². The summed E-state index contributed by atoms with van der Waals surface area (Å²) in [5.41, 5.74) is 0.562. The predicted molar refractivity (Wildman–Crippen MR) is 85.5 cm³/mol. The maximum Gasteiger partial charge on any atom is 0.309 e. The van der Waals surface area contributed by atoms with Crippen LogP contribution in [-0.4, -0.2) is 22.6 Å². The normalized spacial score (nSPS) is 14.2. The molecule has 1 aromatic rings. The van der Waals surface area contributed by atoms with Gasteiger partial charge in [-0.25, -0.2) is 0 Å². The van der Waals surface area contributed by atoms with E-state index in [1.165, 1.54) is 0 Å². The lowest BCUT2D eigenvalue weighted by Gasteiger charge is -2.23. The minimum absolute atomic E-state index is 0.303. The van der Waals surface area contributed by atoms with Crippen molar-refractivity contribution in [1.82, 2.24) is 0 Å². The first-order valence-corrected chi connectivity index (χ1v) is 7.68. The molecule has 0 saturated heterocycles. The summed E-state index contributed by atoms with van der Waals surface area (Å²) in [5.74, 6) is -2.15. The molecule has 0 amide bonds. The fourth-order valence-electron chi connectivity index (χ4n) is 2.25. The van der Waals surface area contributed by atoms with Crippen molar-refractivity contribution in [2.45, 2.75) is 52.6 Å². The van der Waals surface area contributed by atoms with E-state index in [2.05, 4.69) is 0 Å². The molecule has 4 heteroatoms. The predicted octanol–water partition coefficient (Wildman–Crippen LogP) is 3.69. The summed E-state index contributed by atoms with van der Waals surface area (Å²) in [4.78, 5) is 23.4. The van der Waals surface area contributed by atoms with Gasteiger partial charge in [-0.2, -0.15) is 0 Å². The first-order valence-electron chi connectivity index (χ1n) is 7.68. The molecule has 22 heavy (non-hydrogen) atoms. The lowest BCUT2D eigenvalue weighted by Crippen LogP contribution is -2.29. The zero-order chi connectivity index (χ0) is 16.8. The molecule has 0 radical (unpaired) electrons. The van der Waals surface area contributed by atoms with Gasteiger partial charge in [0.1, 0.15) is 5.60 Å². The number of hydrogen-bond acceptors (Lipinski definition) is 3. The molecule has 0 aromatic heterocycles. The molecular formula is C18H26O4. The summed E-state index contributed by atoms with van der Waals surface area (Å²) in [6, 6.07) is 9.78. The molecule has 0 bridgehead atoms. The number of aliphatic carboxylic acids is 1. The van der Waals surface area contributed by atoms with Crippen molar-refractivity contribution in [1.29, 1.82) is 0 Å². The second-order valence-corrected chi connectivity index (χ2v) is 6.73. The molecule has 122 valence electrons. The SMILES string of the molecule is CC(CC(CCc1ccccc1)C(=O)O)C(=O)OC(C)(C)C. The summed E-state index contributed by atoms with van der Waals surface area (Å²) in [7, 11) is 0. The number of ether oxygens (including phenoxy) is 1. The zero-order valence-electron chi connectivity index (χ0n) is 13.8. The average molecular weight is 306 g/mol. The van der Waals surface area contributed by atoms with Gasteiger partial charge in [-0.05, 0) is 45.6 Å². The van der Waals surface area contributed by atoms with Gasteiger partial charge in [-0.3, -0.25) is 9.59 Å². The lowest BCUT2D eigenvalue weighted by atomic mass is 9.90. The number of benzene rings is 1. The van der Waals surface area contributed by atoms with Gasteiger partial charge in [0.25, 0.3) is 0 Å². The Morgan fingerprint density at radius 1 is 1.18 bits per heavy atom. The highest BCUT2D eigenvalue weighted by molar-refractivity contribution is 5.75. The van der Waals surface area contributed by atoms with E-state index in [0.29, 0.717) is 19.3 Å². The summed E-state index contributed by atoms with van der Waals surface area (Å²) >= 11 is 0. The Kier molecular flexibility index (Phi) is 6.60. The third-order valence-electron chi connectivity index (χ3n) is 3.42. The van der Waals surface area contributed by atoms with E-state index < -0.39 is 23.4 Å². The van der Waals surface area contributed by atoms with Gasteiger partial charge >= 0.3 is 11.9 Å². The van der Waals surface area contributed by atoms with Crippen molar-refractivity contribution in [2.24, 2.45) is 11.8 Å². The highest BCUT2D eigenvalue weighted by Crippen LogP contribution is 2.21. The minimum atomic E-state index is -0.855. The summed E-state index contributed by atoms with van der Waals surface area (Å²) in [6.07, 6.45) is 1.52. The number of carboxylic acid groups (broad SMARTS) is 1. The largest absolute Gasteiger partial charge is 0.481 e. The number of rotatable bonds is 7. The summed E-state index contributed by atoms with van der Waals surface area (Å²) in [5, 5.41) is 9.36. The summed E-state index contributed by atoms with van der Waals surface area (Å²) in [6.45, 7) is 7.15. The second-order valence-electron chi connectivity index (χ2n) is 6.73. The first kappa shape index (κ1) is 18.2. The van der Waals surface area contributed by atoms with Crippen LogP contribution in [0.2, 0.25) is 0 Å². The van der Waals surface area contributed by atoms with Gasteiger partial charge in [0.15, 0.2) is 0 Å². The van der Waals surface area contributed by atoms with E-state index in [0.717, 1.165) is 5.56 Å². The molecule has 4 nitrogen and oxygen atoms in total. The molecule has 1 rings (SSSR count). The van der Waals surface area contributed by atoms with Crippen LogP contribution in [0.4, 0.5) is 0 Å². The van der Waals surface area contributed by atoms with E-state index >= 15 is 0 Å². The third-order valence-corrected chi connectivity index (χ3v) is 3.42. The van der Waals surface area contributed by atoms with Crippen LogP contribution in [0.3, 0.4) is 0 Å². The van der Waals surface area contributed by atoms with Gasteiger partial charge in [0.2, 0.25) is 0 Å². The number of carboxylic acids is 1. The van der Waals surface area contributed by atoms with Gasteiger partial charge in [-0.15, -0.1) is 0 Å². The van der Waals surface area contributed by atoms with E-state index in [1.54, 1.807) is 6.92 Å². The Hall–Kier alpha value is -1.84. The van der Waals surface area contributed by atoms with Gasteiger partial charge in [0.05, 0.1) is 11.8 Å². The minimum Gasteiger partial charge on any atom is -0.481 e. The van der Waals surface area contributed by atoms with Crippen LogP contribution in [-0.2, 0) is 20.7 Å². The maximum atomic E-state index is 12.0. The fraction of sp³-hybridized carbons (Fsp3) is 0.556. The molecule has 0 spiro atoms. The average Bonchev–Trinajstić information content (AvgIpc) is 2.42. The van der Waals surface area contributed by atoms with E-state index in [1.807, 2.05) is 51.1 Å². The van der Waals surface area contributed by atoms with Gasteiger partial charge in [0, 0.05) is 0 Å². The molecule has 2 unspecified atom stereocenters. The van der Waals surface area contributed by atoms with Crippen LogP contribution in [0.1, 0.15) is 46.1 Å². The number of carbonyl (C=O) groups excluding carboxylic acids is 1. The monoisotopic (exact) mass is 306 g/mol. The Morgan fingerprint density at radius 3 is 2.27 bits per heavy atom. The molecule has 0 aliphatic carbocycles. The fourth-order valence-corrected chi connectivity index (χ4v) is 2.25. The molecule has 0 aliphatic rings. The molecule has 0 fully saturated rings. The van der Waals surface area contributed by atoms with Crippen molar-refractivity contribution in [2.75, 3.05) is 0 Å².